The van der Waals surface area contributed by atoms with Crippen molar-refractivity contribution in [1.82, 2.24) is 10.2 Å². The predicted octanol–water partition coefficient (Wildman–Crippen LogP) is -1.52. The summed E-state index contributed by atoms with van der Waals surface area (Å²) in [5.41, 5.74) is 0. The molecule has 5 nitrogen and oxygen atoms in total. The maximum atomic E-state index is 10.1. The fraction of sp³-hybridized carbons (Fsp3) is 1.00. The van der Waals surface area contributed by atoms with Crippen LogP contribution in [0.4, 0.5) is 0 Å². The third-order valence-electron chi connectivity index (χ3n) is 4.37. The lowest BCUT2D eigenvalue weighted by atomic mass is 9.82. The Balaban J connectivity index is 1.84. The molecule has 6 atom stereocenters. The quantitative estimate of drug-likeness (QED) is 0.405. The molecule has 92 valence electrons. The first kappa shape index (κ1) is 10.9. The summed E-state index contributed by atoms with van der Waals surface area (Å²) < 4.78 is 0. The normalized spacial score (nSPS) is 53.4. The van der Waals surface area contributed by atoms with Crippen LogP contribution in [0.2, 0.25) is 0 Å². The predicted molar refractivity (Wildman–Crippen MR) is 57.6 cm³/mol. The molecule has 0 aliphatic carbocycles. The first-order valence-electron chi connectivity index (χ1n) is 6.22. The Bertz CT molecular complexity index is 276. The number of hydrogen-bond donors (Lipinski definition) is 4. The number of nitrogens with one attached hydrogen (secondary N) is 1. The van der Waals surface area contributed by atoms with Crippen molar-refractivity contribution in [2.24, 2.45) is 5.92 Å². The van der Waals surface area contributed by atoms with Crippen LogP contribution < -0.4 is 5.32 Å². The molecule has 3 aliphatic rings. The fourth-order valence-corrected chi connectivity index (χ4v) is 3.64. The first-order chi connectivity index (χ1) is 7.68. The topological polar surface area (TPSA) is 76.0 Å². The van der Waals surface area contributed by atoms with Gasteiger partial charge in [-0.05, 0) is 31.7 Å². The van der Waals surface area contributed by atoms with E-state index in [1.807, 2.05) is 0 Å². The molecule has 0 saturated carbocycles. The highest BCUT2D eigenvalue weighted by Crippen LogP contribution is 2.37. The molecule has 3 rings (SSSR count). The molecule has 3 fully saturated rings. The van der Waals surface area contributed by atoms with Crippen molar-refractivity contribution in [1.29, 1.82) is 0 Å². The lowest BCUT2D eigenvalue weighted by Crippen LogP contribution is -2.63. The van der Waals surface area contributed by atoms with Gasteiger partial charge in [-0.15, -0.1) is 0 Å². The summed E-state index contributed by atoms with van der Waals surface area (Å²) in [6.45, 7) is 1.46. The van der Waals surface area contributed by atoms with Crippen molar-refractivity contribution in [2.75, 3.05) is 13.1 Å². The minimum absolute atomic E-state index is 0.231. The van der Waals surface area contributed by atoms with E-state index >= 15 is 0 Å². The number of hydrogen-bond acceptors (Lipinski definition) is 5. The second kappa shape index (κ2) is 3.92. The number of rotatable bonds is 0. The summed E-state index contributed by atoms with van der Waals surface area (Å²) in [6.07, 6.45) is 1.22. The number of piperidine rings is 2. The molecule has 16 heavy (non-hydrogen) atoms. The van der Waals surface area contributed by atoms with E-state index in [9.17, 15) is 15.3 Å². The summed E-state index contributed by atoms with van der Waals surface area (Å²) in [6, 6.07) is -0.290. The number of fused-ring (bicyclic) bond motifs is 3. The maximum Gasteiger partial charge on any atom is 0.0992 e. The zero-order valence-corrected chi connectivity index (χ0v) is 9.29. The standard InChI is InChI=1S/C11H20N2O3/c14-7-4-6-2-1-3-12-11(6)13-5-8(15)10(16)9(7)13/h6-12,14-16H,1-5H2/t6?,7-,8-,9-,10-,11?/m1/s1. The zero-order chi connectivity index (χ0) is 11.3. The first-order valence-corrected chi connectivity index (χ1v) is 6.22. The zero-order valence-electron chi connectivity index (χ0n) is 9.29. The van der Waals surface area contributed by atoms with E-state index in [1.165, 1.54) is 0 Å². The van der Waals surface area contributed by atoms with Crippen LogP contribution in [0.1, 0.15) is 19.3 Å². The van der Waals surface area contributed by atoms with Gasteiger partial charge in [0.2, 0.25) is 0 Å². The molecule has 3 saturated heterocycles. The fourth-order valence-electron chi connectivity index (χ4n) is 3.64. The van der Waals surface area contributed by atoms with Crippen LogP contribution >= 0.6 is 0 Å². The molecule has 0 aromatic rings. The summed E-state index contributed by atoms with van der Waals surface area (Å²) in [5, 5.41) is 33.1. The third-order valence-corrected chi connectivity index (χ3v) is 4.37. The molecule has 0 aromatic carbocycles. The molecule has 0 aromatic heterocycles. The summed E-state index contributed by atoms with van der Waals surface area (Å²) in [5.74, 6) is 0.456. The third kappa shape index (κ3) is 1.50. The molecular weight excluding hydrogens is 208 g/mol. The Labute approximate surface area is 95.1 Å². The Morgan fingerprint density at radius 3 is 2.75 bits per heavy atom. The Morgan fingerprint density at radius 2 is 1.94 bits per heavy atom. The van der Waals surface area contributed by atoms with Crippen LogP contribution in [0.25, 0.3) is 0 Å². The molecule has 0 radical (unpaired) electrons. The van der Waals surface area contributed by atoms with Gasteiger partial charge in [-0.3, -0.25) is 4.90 Å². The van der Waals surface area contributed by atoms with Crippen molar-refractivity contribution >= 4 is 0 Å². The molecule has 0 spiro atoms. The molecule has 5 heteroatoms. The van der Waals surface area contributed by atoms with E-state index in [0.29, 0.717) is 12.5 Å². The second-order valence-electron chi connectivity index (χ2n) is 5.35. The smallest absolute Gasteiger partial charge is 0.0992 e. The van der Waals surface area contributed by atoms with Crippen LogP contribution in [0.3, 0.4) is 0 Å². The molecule has 3 aliphatic heterocycles. The summed E-state index contributed by atoms with van der Waals surface area (Å²) >= 11 is 0. The summed E-state index contributed by atoms with van der Waals surface area (Å²) in [7, 11) is 0. The van der Waals surface area contributed by atoms with Crippen molar-refractivity contribution < 1.29 is 15.3 Å². The van der Waals surface area contributed by atoms with Gasteiger partial charge in [0.25, 0.3) is 0 Å². The van der Waals surface area contributed by atoms with Crippen molar-refractivity contribution in [3.05, 3.63) is 0 Å². The number of nitrogens with zero attached hydrogens (tertiary/aromatic N) is 1. The monoisotopic (exact) mass is 228 g/mol. The van der Waals surface area contributed by atoms with Gasteiger partial charge in [0.15, 0.2) is 0 Å². The van der Waals surface area contributed by atoms with Crippen LogP contribution in [0.5, 0.6) is 0 Å². The number of aliphatic hydroxyl groups is 3. The van der Waals surface area contributed by atoms with E-state index in [1.54, 1.807) is 0 Å². The van der Waals surface area contributed by atoms with Crippen LogP contribution in [0.15, 0.2) is 0 Å². The van der Waals surface area contributed by atoms with Gasteiger partial charge in [-0.2, -0.15) is 0 Å². The Morgan fingerprint density at radius 1 is 1.12 bits per heavy atom. The van der Waals surface area contributed by atoms with E-state index in [4.69, 9.17) is 0 Å². The highest BCUT2D eigenvalue weighted by atomic mass is 16.3. The molecule has 0 bridgehead atoms. The van der Waals surface area contributed by atoms with Crippen molar-refractivity contribution in [3.8, 4) is 0 Å². The molecule has 3 heterocycles. The van der Waals surface area contributed by atoms with Crippen molar-refractivity contribution in [2.45, 2.75) is 49.8 Å². The van der Waals surface area contributed by atoms with Gasteiger partial charge in [0.05, 0.1) is 30.5 Å². The molecule has 4 N–H and O–H groups in total. The highest BCUT2D eigenvalue weighted by molar-refractivity contribution is 5.05. The van der Waals surface area contributed by atoms with E-state index in [-0.39, 0.29) is 12.2 Å². The average Bonchev–Trinajstić information content (AvgIpc) is 2.57. The Kier molecular flexibility index (Phi) is 2.68. The molecular formula is C11H20N2O3. The minimum Gasteiger partial charge on any atom is -0.391 e. The highest BCUT2D eigenvalue weighted by Gasteiger charge is 2.52. The average molecular weight is 228 g/mol. The second-order valence-corrected chi connectivity index (χ2v) is 5.35. The molecule has 2 unspecified atom stereocenters. The van der Waals surface area contributed by atoms with Gasteiger partial charge in [-0.25, -0.2) is 0 Å². The van der Waals surface area contributed by atoms with E-state index in [2.05, 4.69) is 10.2 Å². The lowest BCUT2D eigenvalue weighted by molar-refractivity contribution is -0.0820. The van der Waals surface area contributed by atoms with E-state index in [0.717, 1.165) is 25.8 Å². The van der Waals surface area contributed by atoms with E-state index < -0.39 is 18.3 Å². The van der Waals surface area contributed by atoms with Gasteiger partial charge >= 0.3 is 0 Å². The van der Waals surface area contributed by atoms with Gasteiger partial charge in [0, 0.05) is 6.54 Å². The number of aliphatic hydroxyl groups excluding tert-OH is 3. The minimum atomic E-state index is -0.806. The largest absolute Gasteiger partial charge is 0.391 e. The SMILES string of the molecule is O[C@H]1[C@H]2[C@H](O)CC3CCCNC3N2C[C@H]1O. The van der Waals surface area contributed by atoms with Crippen LogP contribution in [-0.4, -0.2) is 63.8 Å². The Hall–Kier alpha value is -0.200. The maximum absolute atomic E-state index is 10.1. The van der Waals surface area contributed by atoms with Crippen LogP contribution in [-0.2, 0) is 0 Å². The van der Waals surface area contributed by atoms with Crippen LogP contribution in [0, 0.1) is 5.92 Å². The lowest BCUT2D eigenvalue weighted by Gasteiger charge is -2.48. The molecule has 0 amide bonds. The van der Waals surface area contributed by atoms with Gasteiger partial charge in [0.1, 0.15) is 0 Å². The van der Waals surface area contributed by atoms with Gasteiger partial charge in [-0.1, -0.05) is 0 Å². The summed E-state index contributed by atoms with van der Waals surface area (Å²) in [4.78, 5) is 2.06. The van der Waals surface area contributed by atoms with Crippen molar-refractivity contribution in [3.63, 3.8) is 0 Å². The van der Waals surface area contributed by atoms with Gasteiger partial charge < -0.3 is 20.6 Å².